The van der Waals surface area contributed by atoms with Crippen LogP contribution in [-0.4, -0.2) is 62.4 Å². The topological polar surface area (TPSA) is 75.9 Å². The molecule has 1 aliphatic rings. The van der Waals surface area contributed by atoms with Crippen LogP contribution in [0.1, 0.15) is 20.8 Å². The lowest BCUT2D eigenvalue weighted by atomic mass is 10.2. The summed E-state index contributed by atoms with van der Waals surface area (Å²) in [6.07, 6.45) is 4.69. The Hall–Kier alpha value is -2.38. The minimum Gasteiger partial charge on any atom is -0.444 e. The predicted molar refractivity (Wildman–Crippen MR) is 80.8 cm³/mol. The Bertz CT molecular complexity index is 669. The third kappa shape index (κ3) is 2.95. The van der Waals surface area contributed by atoms with E-state index in [4.69, 9.17) is 4.74 Å². The van der Waals surface area contributed by atoms with Crippen LogP contribution in [-0.2, 0) is 4.74 Å². The molecule has 22 heavy (non-hydrogen) atoms. The molecule has 3 heterocycles. The van der Waals surface area contributed by atoms with Gasteiger partial charge in [0.1, 0.15) is 11.9 Å². The molecule has 1 saturated heterocycles. The third-order valence-electron chi connectivity index (χ3n) is 3.43. The van der Waals surface area contributed by atoms with Crippen LogP contribution in [0.3, 0.4) is 0 Å². The summed E-state index contributed by atoms with van der Waals surface area (Å²) in [5.41, 5.74) is 0.247. The highest BCUT2D eigenvalue weighted by molar-refractivity contribution is 5.68. The van der Waals surface area contributed by atoms with Crippen LogP contribution >= 0.6 is 0 Å². The third-order valence-corrected chi connectivity index (χ3v) is 3.43. The SMILES string of the molecule is CC(C)(C)OC(=O)N1CCN(c2cncc3ncnn23)CC1. The molecule has 8 nitrogen and oxygen atoms in total. The van der Waals surface area contributed by atoms with E-state index in [9.17, 15) is 4.79 Å². The lowest BCUT2D eigenvalue weighted by molar-refractivity contribution is 0.0240. The van der Waals surface area contributed by atoms with Gasteiger partial charge in [0.15, 0.2) is 11.5 Å². The molecule has 0 radical (unpaired) electrons. The quantitative estimate of drug-likeness (QED) is 0.787. The van der Waals surface area contributed by atoms with Crippen molar-refractivity contribution < 1.29 is 9.53 Å². The fraction of sp³-hybridized carbons (Fsp3) is 0.571. The van der Waals surface area contributed by atoms with Crippen LogP contribution < -0.4 is 4.90 Å². The molecule has 0 spiro atoms. The summed E-state index contributed by atoms with van der Waals surface area (Å²) in [4.78, 5) is 24.3. The van der Waals surface area contributed by atoms with Gasteiger partial charge in [0.25, 0.3) is 0 Å². The van der Waals surface area contributed by atoms with E-state index in [0.29, 0.717) is 31.8 Å². The zero-order valence-corrected chi connectivity index (χ0v) is 13.1. The van der Waals surface area contributed by atoms with E-state index in [2.05, 4.69) is 20.0 Å². The second-order valence-electron chi connectivity index (χ2n) is 6.25. The zero-order chi connectivity index (χ0) is 15.7. The lowest BCUT2D eigenvalue weighted by Gasteiger charge is -2.36. The standard InChI is InChI=1S/C14H20N6O2/c1-14(2,3)22-13(21)19-6-4-18(5-7-19)12-9-15-8-11-16-10-17-20(11)12/h8-10H,4-7H2,1-3H3. The molecule has 0 N–H and O–H groups in total. The molecule has 2 aromatic rings. The van der Waals surface area contributed by atoms with Crippen molar-refractivity contribution in [1.29, 1.82) is 0 Å². The van der Waals surface area contributed by atoms with Crippen molar-refractivity contribution in [3.63, 3.8) is 0 Å². The van der Waals surface area contributed by atoms with Gasteiger partial charge in [-0.05, 0) is 20.8 Å². The van der Waals surface area contributed by atoms with Crippen molar-refractivity contribution in [3.8, 4) is 0 Å². The van der Waals surface area contributed by atoms with Gasteiger partial charge in [0.05, 0.1) is 12.4 Å². The molecule has 0 bridgehead atoms. The molecule has 118 valence electrons. The summed E-state index contributed by atoms with van der Waals surface area (Å²) in [7, 11) is 0. The van der Waals surface area contributed by atoms with Crippen LogP contribution in [0.15, 0.2) is 18.7 Å². The Labute approximate surface area is 128 Å². The van der Waals surface area contributed by atoms with Crippen molar-refractivity contribution in [1.82, 2.24) is 24.5 Å². The monoisotopic (exact) mass is 304 g/mol. The van der Waals surface area contributed by atoms with E-state index in [1.54, 1.807) is 21.8 Å². The first-order valence-electron chi connectivity index (χ1n) is 7.31. The zero-order valence-electron chi connectivity index (χ0n) is 13.1. The molecule has 1 aliphatic heterocycles. The Balaban J connectivity index is 1.67. The number of hydrogen-bond acceptors (Lipinski definition) is 6. The average Bonchev–Trinajstić information content (AvgIpc) is 2.94. The number of nitrogens with zero attached hydrogens (tertiary/aromatic N) is 6. The lowest BCUT2D eigenvalue weighted by Crippen LogP contribution is -2.50. The Kier molecular flexibility index (Phi) is 3.59. The number of carbonyl (C=O) groups excluding carboxylic acids is 1. The molecular weight excluding hydrogens is 284 g/mol. The average molecular weight is 304 g/mol. The highest BCUT2D eigenvalue weighted by Gasteiger charge is 2.26. The Morgan fingerprint density at radius 1 is 1.18 bits per heavy atom. The van der Waals surface area contributed by atoms with Crippen LogP contribution in [0.5, 0.6) is 0 Å². The number of amides is 1. The molecule has 0 atom stereocenters. The minimum atomic E-state index is -0.468. The van der Waals surface area contributed by atoms with Crippen molar-refractivity contribution in [2.24, 2.45) is 0 Å². The molecule has 3 rings (SSSR count). The maximum atomic E-state index is 12.1. The number of fused-ring (bicyclic) bond motifs is 1. The highest BCUT2D eigenvalue weighted by Crippen LogP contribution is 2.17. The van der Waals surface area contributed by atoms with Crippen molar-refractivity contribution in [3.05, 3.63) is 18.7 Å². The van der Waals surface area contributed by atoms with Gasteiger partial charge in [-0.25, -0.2) is 9.78 Å². The Morgan fingerprint density at radius 2 is 1.91 bits per heavy atom. The van der Waals surface area contributed by atoms with Gasteiger partial charge in [0.2, 0.25) is 0 Å². The van der Waals surface area contributed by atoms with Gasteiger partial charge in [-0.2, -0.15) is 9.61 Å². The molecule has 2 aromatic heterocycles. The second kappa shape index (κ2) is 5.43. The van der Waals surface area contributed by atoms with E-state index in [0.717, 1.165) is 5.82 Å². The largest absolute Gasteiger partial charge is 0.444 e. The normalized spacial score (nSPS) is 16.1. The molecule has 0 aromatic carbocycles. The number of ether oxygens (including phenoxy) is 1. The van der Waals surface area contributed by atoms with Crippen molar-refractivity contribution in [2.75, 3.05) is 31.1 Å². The molecule has 0 unspecified atom stereocenters. The van der Waals surface area contributed by atoms with E-state index < -0.39 is 5.60 Å². The predicted octanol–water partition coefficient (Wildman–Crippen LogP) is 1.18. The van der Waals surface area contributed by atoms with Gasteiger partial charge >= 0.3 is 6.09 Å². The summed E-state index contributed by atoms with van der Waals surface area (Å²) in [5, 5.41) is 4.22. The minimum absolute atomic E-state index is 0.260. The number of hydrogen-bond donors (Lipinski definition) is 0. The highest BCUT2D eigenvalue weighted by atomic mass is 16.6. The number of carbonyl (C=O) groups is 1. The number of anilines is 1. The van der Waals surface area contributed by atoms with Crippen molar-refractivity contribution in [2.45, 2.75) is 26.4 Å². The van der Waals surface area contributed by atoms with Crippen LogP contribution in [0.4, 0.5) is 10.6 Å². The van der Waals surface area contributed by atoms with E-state index >= 15 is 0 Å². The summed E-state index contributed by atoms with van der Waals surface area (Å²) in [6, 6.07) is 0. The number of rotatable bonds is 1. The van der Waals surface area contributed by atoms with Gasteiger partial charge < -0.3 is 14.5 Å². The summed E-state index contributed by atoms with van der Waals surface area (Å²) < 4.78 is 7.16. The summed E-state index contributed by atoms with van der Waals surface area (Å²) in [6.45, 7) is 8.26. The van der Waals surface area contributed by atoms with Crippen LogP contribution in [0, 0.1) is 0 Å². The van der Waals surface area contributed by atoms with E-state index in [-0.39, 0.29) is 6.09 Å². The molecular formula is C14H20N6O2. The molecule has 1 fully saturated rings. The van der Waals surface area contributed by atoms with Crippen LogP contribution in [0.25, 0.3) is 5.65 Å². The van der Waals surface area contributed by atoms with Gasteiger partial charge in [-0.3, -0.25) is 4.98 Å². The van der Waals surface area contributed by atoms with Gasteiger partial charge in [-0.1, -0.05) is 0 Å². The first kappa shape index (κ1) is 14.6. The molecule has 0 saturated carbocycles. The Morgan fingerprint density at radius 3 is 2.59 bits per heavy atom. The van der Waals surface area contributed by atoms with Crippen LogP contribution in [0.2, 0.25) is 0 Å². The van der Waals surface area contributed by atoms with E-state index in [1.807, 2.05) is 20.8 Å². The first-order chi connectivity index (χ1) is 10.4. The summed E-state index contributed by atoms with van der Waals surface area (Å²) >= 11 is 0. The fourth-order valence-corrected chi connectivity index (χ4v) is 2.40. The first-order valence-corrected chi connectivity index (χ1v) is 7.31. The second-order valence-corrected chi connectivity index (χ2v) is 6.25. The van der Waals surface area contributed by atoms with E-state index in [1.165, 1.54) is 6.33 Å². The van der Waals surface area contributed by atoms with Crippen molar-refractivity contribution >= 4 is 17.6 Å². The fourth-order valence-electron chi connectivity index (χ4n) is 2.40. The maximum absolute atomic E-state index is 12.1. The number of piperazine rings is 1. The van der Waals surface area contributed by atoms with Gasteiger partial charge in [-0.15, -0.1) is 0 Å². The smallest absolute Gasteiger partial charge is 0.410 e. The molecule has 0 aliphatic carbocycles. The summed E-state index contributed by atoms with van der Waals surface area (Å²) in [5.74, 6) is 0.888. The molecule has 1 amide bonds. The maximum Gasteiger partial charge on any atom is 0.410 e. The molecule has 8 heteroatoms. The van der Waals surface area contributed by atoms with Gasteiger partial charge in [0, 0.05) is 26.2 Å². The number of aromatic nitrogens is 4.